The lowest BCUT2D eigenvalue weighted by atomic mass is 9.80. The summed E-state index contributed by atoms with van der Waals surface area (Å²) in [5.74, 6) is 2.28. The maximum absolute atomic E-state index is 5.89. The molecule has 0 saturated carbocycles. The van der Waals surface area contributed by atoms with Crippen LogP contribution in [0.4, 0.5) is 0 Å². The van der Waals surface area contributed by atoms with Crippen LogP contribution in [0.2, 0.25) is 0 Å². The molecule has 1 heterocycles. The minimum atomic E-state index is -0.164. The molecule has 0 amide bonds. The van der Waals surface area contributed by atoms with E-state index in [4.69, 9.17) is 18.9 Å². The standard InChI is InChI=1S/C25H29NO4/c1-15-13-19(27-4)23(28-5)24(29-6)20(15)22(18-11-9-8-10-12-18)21-17(3)16(2)14-26-25(21)30-7/h8-14,22H,1-7H3. The highest BCUT2D eigenvalue weighted by atomic mass is 16.5. The van der Waals surface area contributed by atoms with Crippen molar-refractivity contribution >= 4 is 0 Å². The van der Waals surface area contributed by atoms with E-state index in [2.05, 4.69) is 37.9 Å². The lowest BCUT2D eigenvalue weighted by molar-refractivity contribution is 0.321. The van der Waals surface area contributed by atoms with Gasteiger partial charge in [-0.1, -0.05) is 30.3 Å². The van der Waals surface area contributed by atoms with Crippen molar-refractivity contribution < 1.29 is 18.9 Å². The van der Waals surface area contributed by atoms with Crippen LogP contribution in [0.25, 0.3) is 0 Å². The van der Waals surface area contributed by atoms with Gasteiger partial charge >= 0.3 is 0 Å². The third kappa shape index (κ3) is 3.67. The molecule has 0 spiro atoms. The molecule has 1 aromatic heterocycles. The molecule has 5 heteroatoms. The Kier molecular flexibility index (Phi) is 6.50. The van der Waals surface area contributed by atoms with Gasteiger partial charge in [0.2, 0.25) is 11.6 Å². The Morgan fingerprint density at radius 3 is 1.97 bits per heavy atom. The zero-order chi connectivity index (χ0) is 21.8. The Labute approximate surface area is 178 Å². The van der Waals surface area contributed by atoms with Crippen LogP contribution in [0.1, 0.15) is 39.3 Å². The topological polar surface area (TPSA) is 49.8 Å². The number of rotatable bonds is 7. The SMILES string of the molecule is COc1cc(C)c(C(c2ccccc2)c2c(OC)ncc(C)c2C)c(OC)c1OC. The van der Waals surface area contributed by atoms with Crippen molar-refractivity contribution in [3.8, 4) is 23.1 Å². The first-order chi connectivity index (χ1) is 14.5. The van der Waals surface area contributed by atoms with E-state index in [0.29, 0.717) is 23.1 Å². The summed E-state index contributed by atoms with van der Waals surface area (Å²) < 4.78 is 22.8. The van der Waals surface area contributed by atoms with Crippen molar-refractivity contribution in [1.82, 2.24) is 4.98 Å². The number of hydrogen-bond donors (Lipinski definition) is 0. The van der Waals surface area contributed by atoms with E-state index in [-0.39, 0.29) is 5.92 Å². The quantitative estimate of drug-likeness (QED) is 0.537. The third-order valence-electron chi connectivity index (χ3n) is 5.58. The van der Waals surface area contributed by atoms with Crippen LogP contribution in [0, 0.1) is 20.8 Å². The smallest absolute Gasteiger partial charge is 0.217 e. The summed E-state index contributed by atoms with van der Waals surface area (Å²) in [6.45, 7) is 6.22. The number of pyridine rings is 1. The molecule has 158 valence electrons. The van der Waals surface area contributed by atoms with E-state index in [9.17, 15) is 0 Å². The Morgan fingerprint density at radius 1 is 0.733 bits per heavy atom. The number of ether oxygens (including phenoxy) is 4. The summed E-state index contributed by atoms with van der Waals surface area (Å²) in [5, 5.41) is 0. The van der Waals surface area contributed by atoms with Crippen LogP contribution in [0.3, 0.4) is 0 Å². The fraction of sp³-hybridized carbons (Fsp3) is 0.320. The van der Waals surface area contributed by atoms with E-state index < -0.39 is 0 Å². The second kappa shape index (κ2) is 9.08. The monoisotopic (exact) mass is 407 g/mol. The van der Waals surface area contributed by atoms with Gasteiger partial charge < -0.3 is 18.9 Å². The van der Waals surface area contributed by atoms with Crippen molar-refractivity contribution in [2.45, 2.75) is 26.7 Å². The maximum atomic E-state index is 5.89. The zero-order valence-electron chi connectivity index (χ0n) is 18.7. The first-order valence-corrected chi connectivity index (χ1v) is 9.82. The van der Waals surface area contributed by atoms with E-state index in [1.165, 1.54) is 0 Å². The van der Waals surface area contributed by atoms with E-state index in [0.717, 1.165) is 33.4 Å². The molecule has 3 rings (SSSR count). The molecule has 0 saturated heterocycles. The number of benzene rings is 2. The van der Waals surface area contributed by atoms with Crippen molar-refractivity contribution in [1.29, 1.82) is 0 Å². The average Bonchev–Trinajstić information content (AvgIpc) is 2.77. The Hall–Kier alpha value is -3.21. The van der Waals surface area contributed by atoms with Crippen LogP contribution >= 0.6 is 0 Å². The highest BCUT2D eigenvalue weighted by Crippen LogP contribution is 2.50. The molecule has 2 aromatic carbocycles. The molecule has 0 N–H and O–H groups in total. The number of aryl methyl sites for hydroxylation is 2. The summed E-state index contributed by atoms with van der Waals surface area (Å²) in [4.78, 5) is 4.57. The van der Waals surface area contributed by atoms with E-state index in [1.807, 2.05) is 30.5 Å². The average molecular weight is 408 g/mol. The van der Waals surface area contributed by atoms with Crippen LogP contribution in [-0.2, 0) is 0 Å². The van der Waals surface area contributed by atoms with Crippen molar-refractivity contribution in [2.75, 3.05) is 28.4 Å². The molecule has 0 aliphatic rings. The van der Waals surface area contributed by atoms with Gasteiger partial charge in [0, 0.05) is 23.2 Å². The van der Waals surface area contributed by atoms with Gasteiger partial charge in [0.25, 0.3) is 0 Å². The van der Waals surface area contributed by atoms with Gasteiger partial charge in [0.05, 0.1) is 28.4 Å². The summed E-state index contributed by atoms with van der Waals surface area (Å²) in [6, 6.07) is 12.3. The van der Waals surface area contributed by atoms with Crippen molar-refractivity contribution in [3.63, 3.8) is 0 Å². The summed E-state index contributed by atoms with van der Waals surface area (Å²) in [6.07, 6.45) is 1.85. The molecule has 30 heavy (non-hydrogen) atoms. The summed E-state index contributed by atoms with van der Waals surface area (Å²) in [5.41, 5.74) is 6.38. The van der Waals surface area contributed by atoms with Gasteiger partial charge in [-0.2, -0.15) is 0 Å². The van der Waals surface area contributed by atoms with Gasteiger partial charge in [-0.25, -0.2) is 4.98 Å². The van der Waals surface area contributed by atoms with Crippen LogP contribution < -0.4 is 18.9 Å². The fourth-order valence-electron chi connectivity index (χ4n) is 3.98. The molecule has 1 unspecified atom stereocenters. The molecule has 0 fully saturated rings. The molecule has 5 nitrogen and oxygen atoms in total. The predicted octanol–water partition coefficient (Wildman–Crippen LogP) is 5.22. The van der Waals surface area contributed by atoms with E-state index in [1.54, 1.807) is 28.4 Å². The first kappa shape index (κ1) is 21.5. The van der Waals surface area contributed by atoms with Gasteiger partial charge in [0.15, 0.2) is 11.5 Å². The molecular weight excluding hydrogens is 378 g/mol. The number of methoxy groups -OCH3 is 4. The minimum absolute atomic E-state index is 0.164. The minimum Gasteiger partial charge on any atom is -0.493 e. The van der Waals surface area contributed by atoms with Crippen molar-refractivity contribution in [2.24, 2.45) is 0 Å². The summed E-state index contributed by atoms with van der Waals surface area (Å²) in [7, 11) is 6.56. The van der Waals surface area contributed by atoms with Gasteiger partial charge in [-0.15, -0.1) is 0 Å². The maximum Gasteiger partial charge on any atom is 0.217 e. The normalized spacial score (nSPS) is 11.7. The van der Waals surface area contributed by atoms with Crippen LogP contribution in [0.5, 0.6) is 23.1 Å². The van der Waals surface area contributed by atoms with E-state index >= 15 is 0 Å². The van der Waals surface area contributed by atoms with Gasteiger partial charge in [0.1, 0.15) is 0 Å². The zero-order valence-corrected chi connectivity index (χ0v) is 18.7. The first-order valence-electron chi connectivity index (χ1n) is 9.82. The predicted molar refractivity (Wildman–Crippen MR) is 118 cm³/mol. The molecule has 1 atom stereocenters. The highest BCUT2D eigenvalue weighted by Gasteiger charge is 2.31. The van der Waals surface area contributed by atoms with Crippen LogP contribution in [-0.4, -0.2) is 33.4 Å². The molecule has 3 aromatic rings. The number of nitrogens with zero attached hydrogens (tertiary/aromatic N) is 1. The highest BCUT2D eigenvalue weighted by molar-refractivity contribution is 5.65. The molecule has 0 aliphatic carbocycles. The lowest BCUT2D eigenvalue weighted by Crippen LogP contribution is -2.13. The lowest BCUT2D eigenvalue weighted by Gasteiger charge is -2.27. The van der Waals surface area contributed by atoms with Crippen molar-refractivity contribution in [3.05, 3.63) is 76.0 Å². The summed E-state index contributed by atoms with van der Waals surface area (Å²) >= 11 is 0. The number of hydrogen-bond acceptors (Lipinski definition) is 5. The molecule has 0 bridgehead atoms. The van der Waals surface area contributed by atoms with Crippen LogP contribution in [0.15, 0.2) is 42.6 Å². The fourth-order valence-corrected chi connectivity index (χ4v) is 3.98. The number of aromatic nitrogens is 1. The Balaban J connectivity index is 2.45. The Bertz CT molecular complexity index is 1030. The molecule has 0 aliphatic heterocycles. The van der Waals surface area contributed by atoms with Gasteiger partial charge in [-0.3, -0.25) is 0 Å². The molecular formula is C25H29NO4. The van der Waals surface area contributed by atoms with Gasteiger partial charge in [-0.05, 0) is 49.1 Å². The third-order valence-corrected chi connectivity index (χ3v) is 5.58. The molecule has 0 radical (unpaired) electrons. The largest absolute Gasteiger partial charge is 0.493 e. The Morgan fingerprint density at radius 2 is 1.40 bits per heavy atom. The second-order valence-corrected chi connectivity index (χ2v) is 7.21. The second-order valence-electron chi connectivity index (χ2n) is 7.21.